The summed E-state index contributed by atoms with van der Waals surface area (Å²) in [7, 11) is 0. The van der Waals surface area contributed by atoms with E-state index in [1.54, 1.807) is 0 Å². The summed E-state index contributed by atoms with van der Waals surface area (Å²) in [6, 6.07) is 0. The first kappa shape index (κ1) is 72.8. The molecule has 0 aliphatic rings. The van der Waals surface area contributed by atoms with Crippen molar-refractivity contribution in [3.05, 3.63) is 122 Å². The molecule has 0 N–H and O–H groups in total. The number of esters is 3. The van der Waals surface area contributed by atoms with Crippen LogP contribution in [-0.2, 0) is 28.6 Å². The highest BCUT2D eigenvalue weighted by Crippen LogP contribution is 2.16. The topological polar surface area (TPSA) is 78.9 Å². The smallest absolute Gasteiger partial charge is 0.306 e. The average molecular weight is 1070 g/mol. The number of carbonyl (C=O) groups excluding carboxylic acids is 3. The molecule has 0 aromatic rings. The minimum atomic E-state index is -0.812. The van der Waals surface area contributed by atoms with Crippen molar-refractivity contribution >= 4 is 17.9 Å². The molecule has 0 saturated carbocycles. The third-order valence-electron chi connectivity index (χ3n) is 13.4. The van der Waals surface area contributed by atoms with Crippen LogP contribution in [0.1, 0.15) is 290 Å². The fraction of sp³-hybridized carbons (Fsp3) is 0.676. The molecule has 0 rings (SSSR count). The van der Waals surface area contributed by atoms with E-state index in [2.05, 4.69) is 142 Å². The van der Waals surface area contributed by atoms with Gasteiger partial charge in [0.25, 0.3) is 0 Å². The summed E-state index contributed by atoms with van der Waals surface area (Å²) in [5.74, 6) is -0.967. The summed E-state index contributed by atoms with van der Waals surface area (Å²) >= 11 is 0. The molecule has 0 spiro atoms. The zero-order chi connectivity index (χ0) is 55.7. The molecule has 438 valence electrons. The minimum absolute atomic E-state index is 0.103. The predicted molar refractivity (Wildman–Crippen MR) is 334 cm³/mol. The van der Waals surface area contributed by atoms with Gasteiger partial charge in [-0.2, -0.15) is 0 Å². The number of ether oxygens (including phenoxy) is 3. The summed E-state index contributed by atoms with van der Waals surface area (Å²) < 4.78 is 16.9. The molecule has 0 amide bonds. The molecule has 6 nitrogen and oxygen atoms in total. The number of rotatable bonds is 57. The van der Waals surface area contributed by atoms with Gasteiger partial charge in [-0.3, -0.25) is 14.4 Å². The normalized spacial score (nSPS) is 12.9. The van der Waals surface area contributed by atoms with Crippen molar-refractivity contribution in [3.8, 4) is 0 Å². The van der Waals surface area contributed by atoms with Gasteiger partial charge >= 0.3 is 17.9 Å². The Morgan fingerprint density at radius 3 is 0.818 bits per heavy atom. The van der Waals surface area contributed by atoms with Crippen LogP contribution >= 0.6 is 0 Å². The molecule has 77 heavy (non-hydrogen) atoms. The molecule has 0 radical (unpaired) electrons. The van der Waals surface area contributed by atoms with Crippen molar-refractivity contribution < 1.29 is 28.6 Å². The second-order valence-electron chi connectivity index (χ2n) is 20.9. The Balaban J connectivity index is 4.36. The van der Waals surface area contributed by atoms with Crippen LogP contribution in [0.3, 0.4) is 0 Å². The van der Waals surface area contributed by atoms with Crippen molar-refractivity contribution in [3.63, 3.8) is 0 Å². The van der Waals surface area contributed by atoms with E-state index in [0.29, 0.717) is 12.8 Å². The maximum atomic E-state index is 12.9. The highest BCUT2D eigenvalue weighted by atomic mass is 16.6. The van der Waals surface area contributed by atoms with Gasteiger partial charge in [-0.25, -0.2) is 0 Å². The van der Waals surface area contributed by atoms with E-state index in [9.17, 15) is 14.4 Å². The highest BCUT2D eigenvalue weighted by molar-refractivity contribution is 5.71. The van der Waals surface area contributed by atoms with E-state index in [0.717, 1.165) is 128 Å². The largest absolute Gasteiger partial charge is 0.462 e. The SMILES string of the molecule is CC/C=C\C/C=C\C/C=C\C/C=C\CCCCCCC(=O)OC(COC(=O)CCCC/C=C\C/C=C\C/C=C\C/C=C\CC)COC(=O)CCCCCCCCCCCCCCCCC/C=C\C/C=C\CCCCCCC. The van der Waals surface area contributed by atoms with E-state index in [-0.39, 0.29) is 37.5 Å². The van der Waals surface area contributed by atoms with Gasteiger partial charge in [-0.1, -0.05) is 264 Å². The minimum Gasteiger partial charge on any atom is -0.462 e. The maximum absolute atomic E-state index is 12.9. The van der Waals surface area contributed by atoms with Crippen LogP contribution in [0, 0.1) is 0 Å². The Hall–Kier alpha value is -4.19. The lowest BCUT2D eigenvalue weighted by Crippen LogP contribution is -2.30. The Bertz CT molecular complexity index is 1600. The molecule has 0 heterocycles. The zero-order valence-electron chi connectivity index (χ0n) is 50.2. The molecule has 0 bridgehead atoms. The van der Waals surface area contributed by atoms with Crippen molar-refractivity contribution in [1.29, 1.82) is 0 Å². The van der Waals surface area contributed by atoms with Gasteiger partial charge in [-0.15, -0.1) is 0 Å². The number of unbranched alkanes of at least 4 members (excludes halogenated alkanes) is 26. The van der Waals surface area contributed by atoms with Crippen molar-refractivity contribution in [1.82, 2.24) is 0 Å². The lowest BCUT2D eigenvalue weighted by molar-refractivity contribution is -0.167. The first-order chi connectivity index (χ1) is 38.0. The van der Waals surface area contributed by atoms with E-state index >= 15 is 0 Å². The van der Waals surface area contributed by atoms with Crippen molar-refractivity contribution in [2.75, 3.05) is 13.2 Å². The van der Waals surface area contributed by atoms with Crippen molar-refractivity contribution in [2.45, 2.75) is 297 Å². The maximum Gasteiger partial charge on any atom is 0.306 e. The van der Waals surface area contributed by atoms with E-state index in [1.807, 2.05) is 0 Å². The Morgan fingerprint density at radius 2 is 0.506 bits per heavy atom. The number of allylic oxidation sites excluding steroid dienone is 20. The third-order valence-corrected chi connectivity index (χ3v) is 13.4. The number of carbonyl (C=O) groups is 3. The lowest BCUT2D eigenvalue weighted by Gasteiger charge is -2.18. The molecule has 0 aromatic carbocycles. The van der Waals surface area contributed by atoms with Crippen LogP contribution in [0.2, 0.25) is 0 Å². The monoisotopic (exact) mass is 1070 g/mol. The van der Waals surface area contributed by atoms with Gasteiger partial charge in [0.1, 0.15) is 13.2 Å². The van der Waals surface area contributed by atoms with E-state index in [4.69, 9.17) is 14.2 Å². The van der Waals surface area contributed by atoms with Gasteiger partial charge in [-0.05, 0) is 128 Å². The first-order valence-electron chi connectivity index (χ1n) is 32.0. The highest BCUT2D eigenvalue weighted by Gasteiger charge is 2.19. The van der Waals surface area contributed by atoms with Gasteiger partial charge in [0.2, 0.25) is 0 Å². The second kappa shape index (κ2) is 64.3. The number of hydrogen-bond donors (Lipinski definition) is 0. The van der Waals surface area contributed by atoms with Gasteiger partial charge < -0.3 is 14.2 Å². The molecule has 1 unspecified atom stereocenters. The van der Waals surface area contributed by atoms with E-state index in [1.165, 1.54) is 122 Å². The number of hydrogen-bond acceptors (Lipinski definition) is 6. The van der Waals surface area contributed by atoms with Crippen LogP contribution in [0.15, 0.2) is 122 Å². The summed E-state index contributed by atoms with van der Waals surface area (Å²) in [5.41, 5.74) is 0. The zero-order valence-corrected chi connectivity index (χ0v) is 50.2. The van der Waals surface area contributed by atoms with Crippen LogP contribution in [0.25, 0.3) is 0 Å². The molecule has 6 heteroatoms. The van der Waals surface area contributed by atoms with Gasteiger partial charge in [0.15, 0.2) is 6.10 Å². The molecule has 0 aromatic heterocycles. The Labute approximate surface area is 475 Å². The molecule has 0 aliphatic heterocycles. The standard InChI is InChI=1S/C71H118O6/c1-4-7-10-13-16-19-22-25-28-30-31-32-33-34-35-36-37-38-39-41-43-46-49-52-55-58-61-64-70(73)76-67-68(66-75-69(72)63-60-57-54-51-48-45-42-27-24-21-18-15-12-9-6-3)77-71(74)65-62-59-56-53-50-47-44-40-29-26-23-20-17-14-11-8-5-2/h8-9,11-12,17-18,20-22,25-27,29-31,42,44,47-48,51,68H,4-7,10,13-16,19,23-24,28,32-41,43,45-46,49-50,52-67H2,1-3H3/b11-8-,12-9-,20-17-,21-18-,25-22-,29-26-,31-30-,42-27-,47-44-,51-48-. The van der Waals surface area contributed by atoms with Gasteiger partial charge in [0.05, 0.1) is 0 Å². The van der Waals surface area contributed by atoms with Crippen LogP contribution in [-0.4, -0.2) is 37.2 Å². The third kappa shape index (κ3) is 62.5. The van der Waals surface area contributed by atoms with E-state index < -0.39 is 6.10 Å². The summed E-state index contributed by atoms with van der Waals surface area (Å²) in [6.45, 7) is 6.36. The fourth-order valence-electron chi connectivity index (χ4n) is 8.69. The molecular formula is C71H118O6. The molecule has 0 aliphatic carbocycles. The van der Waals surface area contributed by atoms with Crippen LogP contribution in [0.5, 0.6) is 0 Å². The Kier molecular flexibility index (Phi) is 60.8. The average Bonchev–Trinajstić information content (AvgIpc) is 3.43. The molecule has 0 fully saturated rings. The molecule has 0 saturated heterocycles. The quantitative estimate of drug-likeness (QED) is 0.0261. The lowest BCUT2D eigenvalue weighted by atomic mass is 10.0. The van der Waals surface area contributed by atoms with Crippen LogP contribution in [0.4, 0.5) is 0 Å². The molecular weight excluding hydrogens is 949 g/mol. The second-order valence-corrected chi connectivity index (χ2v) is 20.9. The molecule has 1 atom stereocenters. The van der Waals surface area contributed by atoms with Crippen molar-refractivity contribution in [2.24, 2.45) is 0 Å². The fourth-order valence-corrected chi connectivity index (χ4v) is 8.69. The Morgan fingerprint density at radius 1 is 0.273 bits per heavy atom. The summed E-state index contributed by atoms with van der Waals surface area (Å²) in [6.07, 6.45) is 89.3. The summed E-state index contributed by atoms with van der Waals surface area (Å²) in [5, 5.41) is 0. The summed E-state index contributed by atoms with van der Waals surface area (Å²) in [4.78, 5) is 38.3. The van der Waals surface area contributed by atoms with Crippen LogP contribution < -0.4 is 0 Å². The predicted octanol–water partition coefficient (Wildman–Crippen LogP) is 22.0. The first-order valence-corrected chi connectivity index (χ1v) is 32.0. The van der Waals surface area contributed by atoms with Gasteiger partial charge in [0, 0.05) is 19.3 Å².